The summed E-state index contributed by atoms with van der Waals surface area (Å²) in [5, 5.41) is 7.58. The third-order valence-electron chi connectivity index (χ3n) is 3.85. The summed E-state index contributed by atoms with van der Waals surface area (Å²) in [7, 11) is 3.48. The maximum atomic E-state index is 11.8. The molecule has 0 spiro atoms. The molecule has 0 saturated carbocycles. The van der Waals surface area contributed by atoms with Crippen molar-refractivity contribution in [1.82, 2.24) is 19.7 Å². The summed E-state index contributed by atoms with van der Waals surface area (Å²) in [6.45, 7) is 3.77. The zero-order valence-electron chi connectivity index (χ0n) is 14.2. The van der Waals surface area contributed by atoms with Crippen molar-refractivity contribution in [3.8, 4) is 0 Å². The van der Waals surface area contributed by atoms with E-state index in [1.54, 1.807) is 35.0 Å². The van der Waals surface area contributed by atoms with E-state index < -0.39 is 0 Å². The number of nitrogens with zero attached hydrogens (tertiary/aromatic N) is 4. The van der Waals surface area contributed by atoms with Crippen molar-refractivity contribution in [2.75, 3.05) is 27.3 Å². The van der Waals surface area contributed by atoms with Crippen LogP contribution in [0, 0.1) is 6.92 Å². The van der Waals surface area contributed by atoms with Gasteiger partial charge >= 0.3 is 0 Å². The smallest absolute Gasteiger partial charge is 0.243 e. The molecule has 0 saturated heterocycles. The predicted octanol–water partition coefficient (Wildman–Crippen LogP) is 1.57. The number of ether oxygens (including phenoxy) is 2. The van der Waals surface area contributed by atoms with Crippen LogP contribution in [0.3, 0.4) is 0 Å². The minimum absolute atomic E-state index is 0.0162. The van der Waals surface area contributed by atoms with Crippen LogP contribution < -0.4 is 0 Å². The van der Waals surface area contributed by atoms with E-state index >= 15 is 0 Å². The Labute approximate surface area is 145 Å². The molecule has 130 valence electrons. The first-order chi connectivity index (χ1) is 11.5. The van der Waals surface area contributed by atoms with Crippen LogP contribution in [-0.2, 0) is 33.8 Å². The highest BCUT2D eigenvalue weighted by Gasteiger charge is 2.25. The Morgan fingerprint density at radius 2 is 2.38 bits per heavy atom. The molecule has 0 fully saturated rings. The van der Waals surface area contributed by atoms with Gasteiger partial charge in [0.15, 0.2) is 0 Å². The highest BCUT2D eigenvalue weighted by atomic mass is 32.1. The summed E-state index contributed by atoms with van der Waals surface area (Å²) < 4.78 is 13.2. The van der Waals surface area contributed by atoms with E-state index in [9.17, 15) is 4.79 Å². The molecule has 0 aromatic carbocycles. The second-order valence-corrected chi connectivity index (χ2v) is 7.07. The number of carbonyl (C=O) groups excluding carboxylic acids is 1. The zero-order chi connectivity index (χ0) is 17.1. The molecule has 3 heterocycles. The molecule has 3 rings (SSSR count). The summed E-state index contributed by atoms with van der Waals surface area (Å²) in [6.07, 6.45) is 2.56. The van der Waals surface area contributed by atoms with Crippen molar-refractivity contribution < 1.29 is 14.3 Å². The molecule has 1 amide bonds. The topological polar surface area (TPSA) is 69.5 Å². The van der Waals surface area contributed by atoms with E-state index in [0.29, 0.717) is 19.8 Å². The molecule has 7 nitrogen and oxygen atoms in total. The molecule has 1 aliphatic rings. The summed E-state index contributed by atoms with van der Waals surface area (Å²) in [4.78, 5) is 17.8. The molecule has 2 aromatic rings. The summed E-state index contributed by atoms with van der Waals surface area (Å²) in [5.74, 6) is 0.0162. The number of likely N-dealkylation sites (N-methyl/N-ethyl adjacent to an activating group) is 1. The molecule has 0 aliphatic carbocycles. The van der Waals surface area contributed by atoms with Gasteiger partial charge in [0.05, 0.1) is 36.2 Å². The first-order valence-electron chi connectivity index (χ1n) is 7.89. The monoisotopic (exact) mass is 350 g/mol. The first-order valence-corrected chi connectivity index (χ1v) is 8.77. The Bertz CT molecular complexity index is 710. The van der Waals surface area contributed by atoms with Gasteiger partial charge in [-0.1, -0.05) is 0 Å². The van der Waals surface area contributed by atoms with Crippen LogP contribution in [0.25, 0.3) is 0 Å². The lowest BCUT2D eigenvalue weighted by molar-refractivity contribution is -0.129. The van der Waals surface area contributed by atoms with Crippen molar-refractivity contribution in [2.45, 2.75) is 32.6 Å². The first kappa shape index (κ1) is 17.1. The Balaban J connectivity index is 1.60. The molecule has 0 N–H and O–H groups in total. The lowest BCUT2D eigenvalue weighted by Gasteiger charge is -2.21. The van der Waals surface area contributed by atoms with Gasteiger partial charge in [0.1, 0.15) is 12.6 Å². The SMILES string of the molecule is Cc1nc(COCC2OCCc3cn(CC(=O)N(C)C)nc32)cs1. The largest absolute Gasteiger partial charge is 0.372 e. The molecule has 8 heteroatoms. The number of carbonyl (C=O) groups is 1. The predicted molar refractivity (Wildman–Crippen MR) is 89.8 cm³/mol. The molecule has 24 heavy (non-hydrogen) atoms. The van der Waals surface area contributed by atoms with Gasteiger partial charge in [-0.15, -0.1) is 11.3 Å². The number of rotatable bonds is 6. The minimum Gasteiger partial charge on any atom is -0.372 e. The van der Waals surface area contributed by atoms with Crippen LogP contribution in [0.1, 0.15) is 28.1 Å². The second-order valence-electron chi connectivity index (χ2n) is 6.01. The van der Waals surface area contributed by atoms with Gasteiger partial charge in [-0.25, -0.2) is 4.98 Å². The number of aryl methyl sites for hydroxylation is 1. The Morgan fingerprint density at radius 3 is 3.08 bits per heavy atom. The number of fused-ring (bicyclic) bond motifs is 1. The van der Waals surface area contributed by atoms with Crippen LogP contribution in [0.4, 0.5) is 0 Å². The number of aromatic nitrogens is 3. The van der Waals surface area contributed by atoms with Crippen molar-refractivity contribution in [3.63, 3.8) is 0 Å². The molecular formula is C16H22N4O3S. The molecule has 0 radical (unpaired) electrons. The van der Waals surface area contributed by atoms with Gasteiger partial charge in [0.25, 0.3) is 0 Å². The fraction of sp³-hybridized carbons (Fsp3) is 0.562. The molecular weight excluding hydrogens is 328 g/mol. The number of amides is 1. The van der Waals surface area contributed by atoms with E-state index in [4.69, 9.17) is 9.47 Å². The number of hydrogen-bond acceptors (Lipinski definition) is 6. The average Bonchev–Trinajstić information content (AvgIpc) is 3.13. The fourth-order valence-corrected chi connectivity index (χ4v) is 3.16. The summed E-state index contributed by atoms with van der Waals surface area (Å²) in [6, 6.07) is 0. The summed E-state index contributed by atoms with van der Waals surface area (Å²) in [5.41, 5.74) is 2.95. The maximum absolute atomic E-state index is 11.8. The second kappa shape index (κ2) is 7.42. The van der Waals surface area contributed by atoms with Crippen molar-refractivity contribution in [1.29, 1.82) is 0 Å². The van der Waals surface area contributed by atoms with E-state index in [1.165, 1.54) is 0 Å². The molecule has 0 bridgehead atoms. The van der Waals surface area contributed by atoms with E-state index in [0.717, 1.165) is 28.4 Å². The van der Waals surface area contributed by atoms with Gasteiger partial charge in [-0.3, -0.25) is 9.48 Å². The quantitative estimate of drug-likeness (QED) is 0.791. The van der Waals surface area contributed by atoms with Crippen LogP contribution in [-0.4, -0.2) is 52.9 Å². The standard InChI is InChI=1S/C16H22N4O3S/c1-11-17-13(10-24-11)8-22-9-14-16-12(4-5-23-14)6-20(18-16)7-15(21)19(2)3/h6,10,14H,4-5,7-9H2,1-3H3. The molecule has 1 aliphatic heterocycles. The van der Waals surface area contributed by atoms with Gasteiger partial charge in [0, 0.05) is 25.7 Å². The fourth-order valence-electron chi connectivity index (χ4n) is 2.56. The molecule has 1 atom stereocenters. The number of hydrogen-bond donors (Lipinski definition) is 0. The Morgan fingerprint density at radius 1 is 1.54 bits per heavy atom. The Kier molecular flexibility index (Phi) is 5.27. The van der Waals surface area contributed by atoms with Crippen LogP contribution >= 0.6 is 11.3 Å². The zero-order valence-corrected chi connectivity index (χ0v) is 15.0. The van der Waals surface area contributed by atoms with Crippen molar-refractivity contribution in [3.05, 3.63) is 33.5 Å². The Hall–Kier alpha value is -1.77. The maximum Gasteiger partial charge on any atom is 0.243 e. The van der Waals surface area contributed by atoms with E-state index in [2.05, 4.69) is 10.1 Å². The van der Waals surface area contributed by atoms with E-state index in [-0.39, 0.29) is 18.6 Å². The van der Waals surface area contributed by atoms with E-state index in [1.807, 2.05) is 18.5 Å². The third-order valence-corrected chi connectivity index (χ3v) is 4.67. The molecule has 1 unspecified atom stereocenters. The van der Waals surface area contributed by atoms with Gasteiger partial charge < -0.3 is 14.4 Å². The lowest BCUT2D eigenvalue weighted by atomic mass is 10.1. The normalized spacial score (nSPS) is 16.9. The number of thiazole rings is 1. The minimum atomic E-state index is -0.191. The highest BCUT2D eigenvalue weighted by Crippen LogP contribution is 2.26. The van der Waals surface area contributed by atoms with Crippen LogP contribution in [0.5, 0.6) is 0 Å². The highest BCUT2D eigenvalue weighted by molar-refractivity contribution is 7.09. The van der Waals surface area contributed by atoms with Crippen LogP contribution in [0.2, 0.25) is 0 Å². The third kappa shape index (κ3) is 4.00. The average molecular weight is 350 g/mol. The summed E-state index contributed by atoms with van der Waals surface area (Å²) >= 11 is 1.62. The lowest BCUT2D eigenvalue weighted by Crippen LogP contribution is -2.26. The van der Waals surface area contributed by atoms with Gasteiger partial charge in [0.2, 0.25) is 5.91 Å². The van der Waals surface area contributed by atoms with Crippen molar-refractivity contribution >= 4 is 17.2 Å². The van der Waals surface area contributed by atoms with Crippen molar-refractivity contribution in [2.24, 2.45) is 0 Å². The van der Waals surface area contributed by atoms with Gasteiger partial charge in [-0.2, -0.15) is 5.10 Å². The molecule has 2 aromatic heterocycles. The van der Waals surface area contributed by atoms with Gasteiger partial charge in [-0.05, 0) is 18.9 Å². The van der Waals surface area contributed by atoms with Crippen LogP contribution in [0.15, 0.2) is 11.6 Å².